The monoisotopic (exact) mass is 399 g/mol. The second kappa shape index (κ2) is 9.53. The normalized spacial score (nSPS) is 17.4. The minimum Gasteiger partial charge on any atom is -0.481 e. The third-order valence-electron chi connectivity index (χ3n) is 4.92. The molecule has 0 saturated heterocycles. The Bertz CT molecular complexity index is 722. The number of nitrogens with one attached hydrogen (secondary N) is 1. The van der Waals surface area contributed by atoms with E-state index in [0.29, 0.717) is 18.0 Å². The van der Waals surface area contributed by atoms with Gasteiger partial charge in [-0.15, -0.1) is 0 Å². The molecule has 0 unspecified atom stereocenters. The molecule has 144 valence electrons. The Morgan fingerprint density at radius 3 is 2.42 bits per heavy atom. The van der Waals surface area contributed by atoms with Gasteiger partial charge in [-0.2, -0.15) is 0 Å². The summed E-state index contributed by atoms with van der Waals surface area (Å²) in [5, 5.41) is 9.19. The van der Waals surface area contributed by atoms with Crippen molar-refractivity contribution in [2.24, 2.45) is 5.41 Å². The van der Waals surface area contributed by atoms with Crippen LogP contribution in [0.15, 0.2) is 41.3 Å². The molecule has 0 bridgehead atoms. The summed E-state index contributed by atoms with van der Waals surface area (Å²) >= 11 is 5.83. The van der Waals surface area contributed by atoms with E-state index in [4.69, 9.17) is 16.7 Å². The number of carboxylic acids is 1. The highest BCUT2D eigenvalue weighted by Gasteiger charge is 2.32. The predicted octanol–water partition coefficient (Wildman–Crippen LogP) is 4.38. The van der Waals surface area contributed by atoms with Crippen LogP contribution in [-0.4, -0.2) is 26.0 Å². The van der Waals surface area contributed by atoms with E-state index in [9.17, 15) is 13.2 Å². The number of benzene rings is 1. The molecule has 0 atom stereocenters. The lowest BCUT2D eigenvalue weighted by molar-refractivity contribution is -0.136. The van der Waals surface area contributed by atoms with Gasteiger partial charge in [0.05, 0.1) is 4.90 Å². The first-order valence-corrected chi connectivity index (χ1v) is 10.8. The van der Waals surface area contributed by atoms with Gasteiger partial charge in [0, 0.05) is 18.0 Å². The molecule has 0 radical (unpaired) electrons. The first-order valence-electron chi connectivity index (χ1n) is 8.95. The summed E-state index contributed by atoms with van der Waals surface area (Å²) < 4.78 is 27.8. The number of rotatable bonds is 9. The van der Waals surface area contributed by atoms with Gasteiger partial charge in [-0.3, -0.25) is 4.79 Å². The van der Waals surface area contributed by atoms with Gasteiger partial charge in [-0.25, -0.2) is 13.1 Å². The first kappa shape index (κ1) is 20.9. The smallest absolute Gasteiger partial charge is 0.303 e. The van der Waals surface area contributed by atoms with Gasteiger partial charge in [0.2, 0.25) is 10.0 Å². The van der Waals surface area contributed by atoms with Crippen molar-refractivity contribution >= 4 is 27.6 Å². The number of hydrogen-bond acceptors (Lipinski definition) is 3. The second-order valence-corrected chi connectivity index (χ2v) is 9.15. The molecule has 2 N–H and O–H groups in total. The Hall–Kier alpha value is -1.37. The topological polar surface area (TPSA) is 83.5 Å². The molecule has 1 fully saturated rings. The molecule has 1 aliphatic carbocycles. The van der Waals surface area contributed by atoms with E-state index < -0.39 is 16.0 Å². The van der Waals surface area contributed by atoms with Crippen LogP contribution in [0.4, 0.5) is 0 Å². The number of allylic oxidation sites excluding steroid dienone is 2. The summed E-state index contributed by atoms with van der Waals surface area (Å²) in [6.45, 7) is 0.390. The fourth-order valence-corrected chi connectivity index (χ4v) is 4.64. The number of hydrogen-bond donors (Lipinski definition) is 2. The van der Waals surface area contributed by atoms with Crippen LogP contribution in [0.25, 0.3) is 0 Å². The van der Waals surface area contributed by atoms with Crippen LogP contribution in [0.2, 0.25) is 5.02 Å². The maximum Gasteiger partial charge on any atom is 0.303 e. The summed E-state index contributed by atoms with van der Waals surface area (Å²) in [6.07, 6.45) is 10.6. The number of carboxylic acid groups (broad SMARTS) is 1. The summed E-state index contributed by atoms with van der Waals surface area (Å²) in [7, 11) is -3.57. The Kier molecular flexibility index (Phi) is 7.68. The molecule has 7 heteroatoms. The van der Waals surface area contributed by atoms with Crippen LogP contribution in [0.1, 0.15) is 51.4 Å². The average Bonchev–Trinajstić information content (AvgIpc) is 2.61. The Morgan fingerprint density at radius 1 is 1.15 bits per heavy atom. The van der Waals surface area contributed by atoms with E-state index in [-0.39, 0.29) is 16.7 Å². The highest BCUT2D eigenvalue weighted by atomic mass is 35.5. The third kappa shape index (κ3) is 6.41. The largest absolute Gasteiger partial charge is 0.481 e. The maximum absolute atomic E-state index is 12.5. The maximum atomic E-state index is 12.5. The SMILES string of the molecule is O=C(O)CCC=CCC1(CNS(=O)(=O)c2ccc(Cl)cc2)CCCCC1. The zero-order chi connectivity index (χ0) is 19.0. The zero-order valence-electron chi connectivity index (χ0n) is 14.8. The van der Waals surface area contributed by atoms with Crippen molar-refractivity contribution in [2.45, 2.75) is 56.3 Å². The Morgan fingerprint density at radius 2 is 1.81 bits per heavy atom. The van der Waals surface area contributed by atoms with Gasteiger partial charge in [0.25, 0.3) is 0 Å². The van der Waals surface area contributed by atoms with E-state index in [1.807, 2.05) is 12.2 Å². The van der Waals surface area contributed by atoms with Gasteiger partial charge in [-0.1, -0.05) is 43.0 Å². The van der Waals surface area contributed by atoms with Crippen LogP contribution in [0.3, 0.4) is 0 Å². The highest BCUT2D eigenvalue weighted by molar-refractivity contribution is 7.89. The highest BCUT2D eigenvalue weighted by Crippen LogP contribution is 2.39. The Labute approximate surface area is 160 Å². The molecule has 2 rings (SSSR count). The lowest BCUT2D eigenvalue weighted by Gasteiger charge is -2.36. The second-order valence-electron chi connectivity index (χ2n) is 6.95. The molecule has 0 amide bonds. The summed E-state index contributed by atoms with van der Waals surface area (Å²) in [5.74, 6) is -0.808. The van der Waals surface area contributed by atoms with E-state index in [1.165, 1.54) is 18.6 Å². The molecule has 0 aliphatic heterocycles. The van der Waals surface area contributed by atoms with E-state index in [1.54, 1.807) is 12.1 Å². The fraction of sp³-hybridized carbons (Fsp3) is 0.526. The van der Waals surface area contributed by atoms with Gasteiger partial charge in [-0.05, 0) is 55.4 Å². The number of halogens is 1. The molecule has 0 heterocycles. The molecule has 5 nitrogen and oxygen atoms in total. The quantitative estimate of drug-likeness (QED) is 0.603. The number of aliphatic carboxylic acids is 1. The standard InChI is InChI=1S/C19H26ClNO4S/c20-16-8-10-17(11-9-16)26(24,25)21-15-19(13-5-2-6-14-19)12-4-1-3-7-18(22)23/h1,4,8-11,21H,2-3,5-7,12-15H2,(H,22,23). The van der Waals surface area contributed by atoms with Crippen LogP contribution in [-0.2, 0) is 14.8 Å². The molecule has 26 heavy (non-hydrogen) atoms. The van der Waals surface area contributed by atoms with Crippen molar-refractivity contribution in [2.75, 3.05) is 6.54 Å². The van der Waals surface area contributed by atoms with Crippen molar-refractivity contribution in [3.05, 3.63) is 41.4 Å². The zero-order valence-corrected chi connectivity index (χ0v) is 16.4. The third-order valence-corrected chi connectivity index (χ3v) is 6.59. The molecular weight excluding hydrogens is 374 g/mol. The molecule has 1 aromatic carbocycles. The van der Waals surface area contributed by atoms with Gasteiger partial charge in [0.1, 0.15) is 0 Å². The van der Waals surface area contributed by atoms with Crippen molar-refractivity contribution in [3.8, 4) is 0 Å². The number of sulfonamides is 1. The van der Waals surface area contributed by atoms with Gasteiger partial charge >= 0.3 is 5.97 Å². The van der Waals surface area contributed by atoms with Gasteiger partial charge < -0.3 is 5.11 Å². The molecule has 0 aromatic heterocycles. The molecular formula is C19H26ClNO4S. The molecule has 1 saturated carbocycles. The van der Waals surface area contributed by atoms with E-state index in [0.717, 1.165) is 32.1 Å². The molecule has 0 spiro atoms. The minimum absolute atomic E-state index is 0.0997. The average molecular weight is 400 g/mol. The van der Waals surface area contributed by atoms with Crippen molar-refractivity contribution in [1.29, 1.82) is 0 Å². The molecule has 1 aliphatic rings. The summed E-state index contributed by atoms with van der Waals surface area (Å²) in [5.41, 5.74) is -0.0997. The molecule has 1 aromatic rings. The van der Waals surface area contributed by atoms with Crippen LogP contribution in [0, 0.1) is 5.41 Å². The van der Waals surface area contributed by atoms with Crippen LogP contribution < -0.4 is 4.72 Å². The van der Waals surface area contributed by atoms with Gasteiger partial charge in [0.15, 0.2) is 0 Å². The van der Waals surface area contributed by atoms with E-state index >= 15 is 0 Å². The first-order chi connectivity index (χ1) is 12.3. The van der Waals surface area contributed by atoms with Crippen molar-refractivity contribution in [1.82, 2.24) is 4.72 Å². The Balaban J connectivity index is 2.00. The fourth-order valence-electron chi connectivity index (χ4n) is 3.36. The summed E-state index contributed by atoms with van der Waals surface area (Å²) in [6, 6.07) is 6.14. The minimum atomic E-state index is -3.57. The predicted molar refractivity (Wildman–Crippen MR) is 103 cm³/mol. The van der Waals surface area contributed by atoms with Crippen molar-refractivity contribution in [3.63, 3.8) is 0 Å². The van der Waals surface area contributed by atoms with Crippen molar-refractivity contribution < 1.29 is 18.3 Å². The lowest BCUT2D eigenvalue weighted by Crippen LogP contribution is -2.38. The van der Waals surface area contributed by atoms with E-state index in [2.05, 4.69) is 4.72 Å². The lowest BCUT2D eigenvalue weighted by atomic mass is 9.72. The number of carbonyl (C=O) groups is 1. The summed E-state index contributed by atoms with van der Waals surface area (Å²) in [4.78, 5) is 10.8. The van der Waals surface area contributed by atoms with Crippen LogP contribution >= 0.6 is 11.6 Å². The van der Waals surface area contributed by atoms with Crippen LogP contribution in [0.5, 0.6) is 0 Å².